The molecule has 0 radical (unpaired) electrons. The molecule has 0 aliphatic carbocycles. The van der Waals surface area contributed by atoms with Gasteiger partial charge in [-0.3, -0.25) is 4.90 Å². The van der Waals surface area contributed by atoms with E-state index in [1.165, 1.54) is 0 Å². The predicted octanol–water partition coefficient (Wildman–Crippen LogP) is 2.74. The maximum atomic E-state index is 12.0. The first-order valence-corrected chi connectivity index (χ1v) is 11.7. The Morgan fingerprint density at radius 1 is 1.00 bits per heavy atom. The molecular formula is C20H24Cl2N2O3S. The molecule has 152 valence electrons. The molecule has 3 rings (SSSR count). The Bertz CT molecular complexity index is 908. The molecule has 2 N–H and O–H groups in total. The average molecular weight is 443 g/mol. The summed E-state index contributed by atoms with van der Waals surface area (Å²) in [6, 6.07) is 14.7. The van der Waals surface area contributed by atoms with E-state index in [1.54, 1.807) is 0 Å². The highest BCUT2D eigenvalue weighted by Crippen LogP contribution is 2.23. The Morgan fingerprint density at radius 3 is 2.18 bits per heavy atom. The van der Waals surface area contributed by atoms with Crippen molar-refractivity contribution in [3.63, 3.8) is 0 Å². The van der Waals surface area contributed by atoms with Crippen LogP contribution in [0.2, 0.25) is 10.0 Å². The van der Waals surface area contributed by atoms with Gasteiger partial charge in [-0.15, -0.1) is 0 Å². The van der Waals surface area contributed by atoms with E-state index in [9.17, 15) is 13.5 Å². The normalized spacial score (nSPS) is 21.3. The summed E-state index contributed by atoms with van der Waals surface area (Å²) in [5.41, 5.74) is 1.91. The van der Waals surface area contributed by atoms with Gasteiger partial charge in [0.05, 0.1) is 23.7 Å². The summed E-state index contributed by atoms with van der Waals surface area (Å²) in [5, 5.41) is 15.0. The molecular weight excluding hydrogens is 419 g/mol. The quantitative estimate of drug-likeness (QED) is 0.615. The van der Waals surface area contributed by atoms with E-state index >= 15 is 0 Å². The number of aliphatic hydroxyl groups is 1. The summed E-state index contributed by atoms with van der Waals surface area (Å²) >= 11 is 12.5. The first-order valence-electron chi connectivity index (χ1n) is 9.16. The minimum atomic E-state index is -3.23. The molecule has 0 saturated carbocycles. The van der Waals surface area contributed by atoms with Crippen molar-refractivity contribution in [3.05, 3.63) is 69.7 Å². The van der Waals surface area contributed by atoms with Crippen LogP contribution in [0.15, 0.2) is 48.5 Å². The fourth-order valence-electron chi connectivity index (χ4n) is 3.45. The largest absolute Gasteiger partial charge is 0.390 e. The van der Waals surface area contributed by atoms with Crippen LogP contribution in [-0.4, -0.2) is 55.2 Å². The summed E-state index contributed by atoms with van der Waals surface area (Å²) in [6.45, 7) is 2.29. The SMILES string of the molecule is O=S1(=O)C[C@@H](N(CCNCc2ccccc2Cl)Cc2ccccc2Cl)[C@@H](O)C1. The Balaban J connectivity index is 1.66. The molecule has 2 aromatic rings. The van der Waals surface area contributed by atoms with E-state index < -0.39 is 22.0 Å². The van der Waals surface area contributed by atoms with Gasteiger partial charge in [-0.1, -0.05) is 59.6 Å². The van der Waals surface area contributed by atoms with E-state index in [4.69, 9.17) is 23.2 Å². The van der Waals surface area contributed by atoms with Crippen LogP contribution in [0.3, 0.4) is 0 Å². The van der Waals surface area contributed by atoms with Crippen molar-refractivity contribution in [1.82, 2.24) is 10.2 Å². The summed E-state index contributed by atoms with van der Waals surface area (Å²) in [5.74, 6) is -0.229. The van der Waals surface area contributed by atoms with E-state index in [1.807, 2.05) is 53.4 Å². The summed E-state index contributed by atoms with van der Waals surface area (Å²) in [7, 11) is -3.23. The lowest BCUT2D eigenvalue weighted by Crippen LogP contribution is -2.45. The van der Waals surface area contributed by atoms with Crippen molar-refractivity contribution >= 4 is 33.0 Å². The van der Waals surface area contributed by atoms with Gasteiger partial charge in [-0.2, -0.15) is 0 Å². The zero-order valence-corrected chi connectivity index (χ0v) is 17.7. The number of hydrogen-bond acceptors (Lipinski definition) is 5. The van der Waals surface area contributed by atoms with Gasteiger partial charge in [0.15, 0.2) is 9.84 Å². The van der Waals surface area contributed by atoms with Gasteiger partial charge in [-0.05, 0) is 23.3 Å². The number of halogens is 2. The third kappa shape index (κ3) is 5.69. The summed E-state index contributed by atoms with van der Waals surface area (Å²) in [4.78, 5) is 2.00. The molecule has 0 bridgehead atoms. The third-order valence-electron chi connectivity index (χ3n) is 4.94. The molecule has 0 amide bonds. The number of nitrogens with one attached hydrogen (secondary N) is 1. The fourth-order valence-corrected chi connectivity index (χ4v) is 5.68. The minimum absolute atomic E-state index is 0.0386. The zero-order valence-electron chi connectivity index (χ0n) is 15.4. The van der Waals surface area contributed by atoms with Crippen LogP contribution in [0.25, 0.3) is 0 Å². The maximum absolute atomic E-state index is 12.0. The number of hydrogen-bond donors (Lipinski definition) is 2. The van der Waals surface area contributed by atoms with Gasteiger partial charge in [0.25, 0.3) is 0 Å². The molecule has 1 saturated heterocycles. The van der Waals surface area contributed by atoms with Crippen LogP contribution in [0, 0.1) is 0 Å². The monoisotopic (exact) mass is 442 g/mol. The molecule has 0 spiro atoms. The predicted molar refractivity (Wildman–Crippen MR) is 113 cm³/mol. The van der Waals surface area contributed by atoms with Crippen molar-refractivity contribution in [1.29, 1.82) is 0 Å². The van der Waals surface area contributed by atoms with E-state index in [0.717, 1.165) is 11.1 Å². The minimum Gasteiger partial charge on any atom is -0.390 e. The van der Waals surface area contributed by atoms with Gasteiger partial charge in [0, 0.05) is 36.2 Å². The van der Waals surface area contributed by atoms with Crippen molar-refractivity contribution in [3.8, 4) is 0 Å². The van der Waals surface area contributed by atoms with E-state index in [-0.39, 0.29) is 11.5 Å². The second kappa shape index (κ2) is 9.57. The molecule has 1 fully saturated rings. The summed E-state index contributed by atoms with van der Waals surface area (Å²) < 4.78 is 24.0. The molecule has 1 heterocycles. The van der Waals surface area contributed by atoms with Crippen molar-refractivity contribution in [2.75, 3.05) is 24.6 Å². The zero-order chi connectivity index (χ0) is 20.1. The van der Waals surface area contributed by atoms with E-state index in [0.29, 0.717) is 36.2 Å². The van der Waals surface area contributed by atoms with Gasteiger partial charge < -0.3 is 10.4 Å². The average Bonchev–Trinajstić information content (AvgIpc) is 2.93. The molecule has 0 unspecified atom stereocenters. The molecule has 8 heteroatoms. The second-order valence-corrected chi connectivity index (χ2v) is 10.0. The number of aliphatic hydroxyl groups excluding tert-OH is 1. The second-order valence-electron chi connectivity index (χ2n) is 7.04. The first-order chi connectivity index (χ1) is 13.4. The first kappa shape index (κ1) is 21.6. The third-order valence-corrected chi connectivity index (χ3v) is 7.38. The van der Waals surface area contributed by atoms with Crippen molar-refractivity contribution < 1.29 is 13.5 Å². The molecule has 1 aliphatic heterocycles. The smallest absolute Gasteiger partial charge is 0.154 e. The molecule has 5 nitrogen and oxygen atoms in total. The van der Waals surface area contributed by atoms with Gasteiger partial charge in [0.1, 0.15) is 0 Å². The lowest BCUT2D eigenvalue weighted by atomic mass is 10.1. The highest BCUT2D eigenvalue weighted by Gasteiger charge is 2.39. The number of rotatable bonds is 8. The summed E-state index contributed by atoms with van der Waals surface area (Å²) in [6.07, 6.45) is -0.893. The van der Waals surface area contributed by atoms with Gasteiger partial charge in [0.2, 0.25) is 0 Å². The van der Waals surface area contributed by atoms with Crippen molar-refractivity contribution in [2.45, 2.75) is 25.2 Å². The highest BCUT2D eigenvalue weighted by atomic mass is 35.5. The highest BCUT2D eigenvalue weighted by molar-refractivity contribution is 7.91. The fraction of sp³-hybridized carbons (Fsp3) is 0.400. The van der Waals surface area contributed by atoms with Crippen LogP contribution in [0.5, 0.6) is 0 Å². The van der Waals surface area contributed by atoms with Crippen LogP contribution in [0.1, 0.15) is 11.1 Å². The topological polar surface area (TPSA) is 69.6 Å². The molecule has 2 aromatic carbocycles. The van der Waals surface area contributed by atoms with Gasteiger partial charge >= 0.3 is 0 Å². The van der Waals surface area contributed by atoms with E-state index in [2.05, 4.69) is 5.32 Å². The van der Waals surface area contributed by atoms with Crippen LogP contribution >= 0.6 is 23.2 Å². The maximum Gasteiger partial charge on any atom is 0.154 e. The Hall–Kier alpha value is -1.15. The standard InChI is InChI=1S/C20H24Cl2N2O3S/c21-17-7-3-1-5-15(17)11-23-9-10-24(12-16-6-2-4-8-18(16)22)19-13-28(26,27)14-20(19)25/h1-8,19-20,23,25H,9-14H2/t19-,20+/m1/s1. The number of sulfone groups is 1. The number of benzene rings is 2. The molecule has 1 aliphatic rings. The molecule has 0 aromatic heterocycles. The molecule has 28 heavy (non-hydrogen) atoms. The van der Waals surface area contributed by atoms with Crippen molar-refractivity contribution in [2.24, 2.45) is 0 Å². The lowest BCUT2D eigenvalue weighted by molar-refractivity contribution is 0.0786. The Morgan fingerprint density at radius 2 is 1.61 bits per heavy atom. The lowest BCUT2D eigenvalue weighted by Gasteiger charge is -2.30. The Labute approximate surface area is 176 Å². The van der Waals surface area contributed by atoms with Crippen LogP contribution in [0.4, 0.5) is 0 Å². The van der Waals surface area contributed by atoms with Crippen LogP contribution < -0.4 is 5.32 Å². The van der Waals surface area contributed by atoms with Gasteiger partial charge in [-0.25, -0.2) is 8.42 Å². The van der Waals surface area contributed by atoms with Crippen LogP contribution in [-0.2, 0) is 22.9 Å². The molecule has 2 atom stereocenters. The number of nitrogens with zero attached hydrogens (tertiary/aromatic N) is 1. The Kier molecular flexibility index (Phi) is 7.36.